The largest absolute Gasteiger partial charge is 0.416 e. The first-order chi connectivity index (χ1) is 12.8. The van der Waals surface area contributed by atoms with Gasteiger partial charge in [0.05, 0.1) is 5.56 Å². The van der Waals surface area contributed by atoms with E-state index in [9.17, 15) is 22.8 Å². The van der Waals surface area contributed by atoms with E-state index in [0.29, 0.717) is 18.7 Å². The Labute approximate surface area is 155 Å². The second-order valence-electron chi connectivity index (χ2n) is 6.38. The average Bonchev–Trinajstić information content (AvgIpc) is 2.66. The maximum Gasteiger partial charge on any atom is 0.416 e. The molecule has 0 atom stereocenters. The zero-order valence-corrected chi connectivity index (χ0v) is 14.8. The molecule has 2 aromatic carbocycles. The van der Waals surface area contributed by atoms with Crippen LogP contribution in [0, 0.1) is 0 Å². The molecule has 0 bridgehead atoms. The van der Waals surface area contributed by atoms with E-state index < -0.39 is 17.6 Å². The van der Waals surface area contributed by atoms with Crippen LogP contribution in [0.15, 0.2) is 42.5 Å². The third-order valence-corrected chi connectivity index (χ3v) is 4.51. The number of anilines is 2. The number of nitrogens with zero attached hydrogens (tertiary/aromatic N) is 1. The van der Waals surface area contributed by atoms with Crippen molar-refractivity contribution in [1.29, 1.82) is 0 Å². The lowest BCUT2D eigenvalue weighted by Crippen LogP contribution is -2.34. The van der Waals surface area contributed by atoms with Gasteiger partial charge in [-0.05, 0) is 54.8 Å². The number of benzene rings is 2. The molecule has 0 radical (unpaired) electrons. The Kier molecular flexibility index (Phi) is 5.21. The van der Waals surface area contributed by atoms with Gasteiger partial charge < -0.3 is 10.2 Å². The maximum atomic E-state index is 12.8. The summed E-state index contributed by atoms with van der Waals surface area (Å²) in [6.07, 6.45) is -2.50. The van der Waals surface area contributed by atoms with Crippen LogP contribution in [0.25, 0.3) is 0 Å². The van der Waals surface area contributed by atoms with Crippen LogP contribution in [0.4, 0.5) is 24.5 Å². The molecule has 1 aliphatic rings. The number of fused-ring (bicyclic) bond motifs is 1. The van der Waals surface area contributed by atoms with Gasteiger partial charge in [0.1, 0.15) is 0 Å². The predicted octanol–water partition coefficient (Wildman–Crippen LogP) is 4.65. The van der Waals surface area contributed by atoms with Crippen molar-refractivity contribution in [2.24, 2.45) is 0 Å². The lowest BCUT2D eigenvalue weighted by Gasteiger charge is -2.29. The van der Waals surface area contributed by atoms with Gasteiger partial charge in [0.25, 0.3) is 5.91 Å². The second-order valence-corrected chi connectivity index (χ2v) is 6.38. The van der Waals surface area contributed by atoms with Crippen LogP contribution < -0.4 is 10.2 Å². The van der Waals surface area contributed by atoms with Gasteiger partial charge in [0, 0.05) is 29.9 Å². The van der Waals surface area contributed by atoms with Crippen LogP contribution in [0.1, 0.15) is 41.3 Å². The van der Waals surface area contributed by atoms with Crippen molar-refractivity contribution in [1.82, 2.24) is 0 Å². The zero-order valence-electron chi connectivity index (χ0n) is 14.8. The van der Waals surface area contributed by atoms with Gasteiger partial charge in [-0.15, -0.1) is 0 Å². The molecule has 0 saturated carbocycles. The van der Waals surface area contributed by atoms with E-state index in [1.807, 2.05) is 0 Å². The van der Waals surface area contributed by atoms with Crippen LogP contribution in [0.2, 0.25) is 0 Å². The first-order valence-corrected chi connectivity index (χ1v) is 8.71. The predicted molar refractivity (Wildman–Crippen MR) is 96.8 cm³/mol. The van der Waals surface area contributed by atoms with E-state index in [-0.39, 0.29) is 11.5 Å². The van der Waals surface area contributed by atoms with E-state index in [4.69, 9.17) is 0 Å². The number of alkyl halides is 3. The number of carbonyl (C=O) groups is 2. The molecule has 3 rings (SSSR count). The summed E-state index contributed by atoms with van der Waals surface area (Å²) in [5, 5.41) is 2.64. The number of hydrogen-bond acceptors (Lipinski definition) is 2. The van der Waals surface area contributed by atoms with Gasteiger partial charge in [-0.1, -0.05) is 13.0 Å². The fraction of sp³-hybridized carbons (Fsp3) is 0.300. The second kappa shape index (κ2) is 7.42. The normalized spacial score (nSPS) is 13.9. The highest BCUT2D eigenvalue weighted by atomic mass is 19.4. The first-order valence-electron chi connectivity index (χ1n) is 8.71. The Morgan fingerprint density at radius 3 is 2.63 bits per heavy atom. The molecule has 0 unspecified atom stereocenters. The molecule has 0 fully saturated rings. The van der Waals surface area contributed by atoms with E-state index in [2.05, 4.69) is 5.32 Å². The van der Waals surface area contributed by atoms with Crippen LogP contribution in [-0.4, -0.2) is 18.4 Å². The summed E-state index contributed by atoms with van der Waals surface area (Å²) < 4.78 is 38.4. The molecular weight excluding hydrogens is 357 g/mol. The lowest BCUT2D eigenvalue weighted by molar-refractivity contribution is -0.137. The van der Waals surface area contributed by atoms with Crippen molar-refractivity contribution in [3.63, 3.8) is 0 Å². The van der Waals surface area contributed by atoms with Crippen LogP contribution >= 0.6 is 0 Å². The van der Waals surface area contributed by atoms with Crippen molar-refractivity contribution in [2.75, 3.05) is 16.8 Å². The quantitative estimate of drug-likeness (QED) is 0.848. The van der Waals surface area contributed by atoms with E-state index in [0.717, 1.165) is 36.2 Å². The molecule has 2 amide bonds. The summed E-state index contributed by atoms with van der Waals surface area (Å²) >= 11 is 0. The standard InChI is InChI=1S/C20H19F3N2O2/c1-2-18(26)25-10-4-6-13-12-16(8-9-17(13)25)24-19(27)14-5-3-7-15(11-14)20(21,22)23/h3,5,7-9,11-12H,2,4,6,10H2,1H3,(H,24,27). The van der Waals surface area contributed by atoms with E-state index in [1.54, 1.807) is 30.0 Å². The minimum Gasteiger partial charge on any atom is -0.322 e. The van der Waals surface area contributed by atoms with E-state index in [1.165, 1.54) is 12.1 Å². The Morgan fingerprint density at radius 1 is 1.15 bits per heavy atom. The number of halogens is 3. The first kappa shape index (κ1) is 18.9. The third-order valence-electron chi connectivity index (χ3n) is 4.51. The van der Waals surface area contributed by atoms with Gasteiger partial charge in [0.2, 0.25) is 5.91 Å². The topological polar surface area (TPSA) is 49.4 Å². The summed E-state index contributed by atoms with van der Waals surface area (Å²) in [4.78, 5) is 26.1. The Hall–Kier alpha value is -2.83. The Balaban J connectivity index is 1.81. The molecule has 2 aromatic rings. The van der Waals surface area contributed by atoms with Crippen LogP contribution in [0.3, 0.4) is 0 Å². The number of amides is 2. The van der Waals surface area contributed by atoms with Crippen molar-refractivity contribution < 1.29 is 22.8 Å². The summed E-state index contributed by atoms with van der Waals surface area (Å²) in [6, 6.07) is 9.50. The highest BCUT2D eigenvalue weighted by Crippen LogP contribution is 2.31. The molecular formula is C20H19F3N2O2. The molecule has 7 heteroatoms. The molecule has 142 valence electrons. The Morgan fingerprint density at radius 2 is 1.93 bits per heavy atom. The third kappa shape index (κ3) is 4.13. The summed E-state index contributed by atoms with van der Waals surface area (Å²) in [6.45, 7) is 2.47. The van der Waals surface area contributed by atoms with Crippen LogP contribution in [0.5, 0.6) is 0 Å². The van der Waals surface area contributed by atoms with Gasteiger partial charge >= 0.3 is 6.18 Å². The Bertz CT molecular complexity index is 878. The number of aryl methyl sites for hydroxylation is 1. The van der Waals surface area contributed by atoms with Crippen molar-refractivity contribution in [2.45, 2.75) is 32.4 Å². The van der Waals surface area contributed by atoms with Gasteiger partial charge in [-0.3, -0.25) is 9.59 Å². The highest BCUT2D eigenvalue weighted by molar-refractivity contribution is 6.04. The molecule has 0 aromatic heterocycles. The molecule has 0 saturated heterocycles. The van der Waals surface area contributed by atoms with Crippen molar-refractivity contribution in [3.05, 3.63) is 59.2 Å². The van der Waals surface area contributed by atoms with Crippen molar-refractivity contribution >= 4 is 23.2 Å². The molecule has 1 heterocycles. The molecule has 0 aliphatic carbocycles. The fourth-order valence-electron chi connectivity index (χ4n) is 3.16. The average molecular weight is 376 g/mol. The highest BCUT2D eigenvalue weighted by Gasteiger charge is 2.31. The van der Waals surface area contributed by atoms with E-state index >= 15 is 0 Å². The molecule has 0 spiro atoms. The number of carbonyl (C=O) groups excluding carboxylic acids is 2. The summed E-state index contributed by atoms with van der Waals surface area (Å²) in [5.41, 5.74) is 1.32. The minimum atomic E-state index is -4.50. The number of hydrogen-bond donors (Lipinski definition) is 1. The minimum absolute atomic E-state index is 0.0386. The van der Waals surface area contributed by atoms with Gasteiger partial charge in [0.15, 0.2) is 0 Å². The summed E-state index contributed by atoms with van der Waals surface area (Å²) in [5.74, 6) is -0.574. The fourth-order valence-corrected chi connectivity index (χ4v) is 3.16. The molecule has 4 nitrogen and oxygen atoms in total. The zero-order chi connectivity index (χ0) is 19.6. The lowest BCUT2D eigenvalue weighted by atomic mass is 10.0. The van der Waals surface area contributed by atoms with Crippen LogP contribution in [-0.2, 0) is 17.4 Å². The molecule has 1 N–H and O–H groups in total. The van der Waals surface area contributed by atoms with Crippen molar-refractivity contribution in [3.8, 4) is 0 Å². The SMILES string of the molecule is CCC(=O)N1CCCc2cc(NC(=O)c3cccc(C(F)(F)F)c3)ccc21. The molecule has 1 aliphatic heterocycles. The molecule has 27 heavy (non-hydrogen) atoms. The number of rotatable bonds is 3. The smallest absolute Gasteiger partial charge is 0.322 e. The van der Waals surface area contributed by atoms with Gasteiger partial charge in [-0.25, -0.2) is 0 Å². The number of nitrogens with one attached hydrogen (secondary N) is 1. The van der Waals surface area contributed by atoms with Gasteiger partial charge in [-0.2, -0.15) is 13.2 Å². The maximum absolute atomic E-state index is 12.8. The summed E-state index contributed by atoms with van der Waals surface area (Å²) in [7, 11) is 0. The monoisotopic (exact) mass is 376 g/mol.